The molecule has 0 radical (unpaired) electrons. The monoisotopic (exact) mass is 507 g/mol. The Kier molecular flexibility index (Phi) is 8.88. The average Bonchev–Trinajstić information content (AvgIpc) is 2.89. The summed E-state index contributed by atoms with van der Waals surface area (Å²) in [7, 11) is -2.54. The van der Waals surface area contributed by atoms with Gasteiger partial charge in [0.2, 0.25) is 11.8 Å². The highest BCUT2D eigenvalue weighted by molar-refractivity contribution is 7.92. The normalized spacial score (nSPS) is 12.0. The molecule has 190 valence electrons. The minimum Gasteiger partial charge on any atom is -0.357 e. The Hall–Kier alpha value is -3.65. The number of sulfonamides is 1. The summed E-state index contributed by atoms with van der Waals surface area (Å²) in [6.45, 7) is 5.22. The van der Waals surface area contributed by atoms with E-state index in [1.807, 2.05) is 50.2 Å². The van der Waals surface area contributed by atoms with E-state index in [9.17, 15) is 18.0 Å². The molecule has 0 aliphatic heterocycles. The molecule has 3 rings (SSSR count). The van der Waals surface area contributed by atoms with Crippen molar-refractivity contribution in [3.05, 3.63) is 95.6 Å². The molecule has 1 N–H and O–H groups in total. The van der Waals surface area contributed by atoms with Crippen LogP contribution in [0.2, 0.25) is 0 Å². The van der Waals surface area contributed by atoms with Gasteiger partial charge in [0, 0.05) is 13.6 Å². The van der Waals surface area contributed by atoms with Gasteiger partial charge in [0.15, 0.2) is 0 Å². The third-order valence-corrected chi connectivity index (χ3v) is 8.13. The number of benzene rings is 3. The van der Waals surface area contributed by atoms with Gasteiger partial charge in [-0.1, -0.05) is 60.7 Å². The highest BCUT2D eigenvalue weighted by atomic mass is 32.2. The molecule has 1 atom stereocenters. The molecule has 0 saturated heterocycles. The highest BCUT2D eigenvalue weighted by Crippen LogP contribution is 2.29. The summed E-state index contributed by atoms with van der Waals surface area (Å²) in [4.78, 5) is 27.8. The summed E-state index contributed by atoms with van der Waals surface area (Å²) < 4.78 is 28.7. The Morgan fingerprint density at radius 2 is 1.50 bits per heavy atom. The maximum atomic E-state index is 13.8. The van der Waals surface area contributed by atoms with Gasteiger partial charge in [0.1, 0.15) is 12.6 Å². The van der Waals surface area contributed by atoms with Crippen molar-refractivity contribution in [3.63, 3.8) is 0 Å². The molecule has 0 spiro atoms. The molecule has 0 heterocycles. The molecule has 7 nitrogen and oxygen atoms in total. The van der Waals surface area contributed by atoms with E-state index in [1.165, 1.54) is 24.1 Å². The SMILES string of the molecule is CNC(=O)[C@H](C)N(CCc1ccccc1)C(=O)CN(c1cccc(C)c1C)S(=O)(=O)c1ccccc1. The van der Waals surface area contributed by atoms with E-state index < -0.39 is 28.5 Å². The van der Waals surface area contributed by atoms with Crippen molar-refractivity contribution in [3.8, 4) is 0 Å². The van der Waals surface area contributed by atoms with Crippen LogP contribution in [0.15, 0.2) is 83.8 Å². The number of aryl methyl sites for hydroxylation is 1. The van der Waals surface area contributed by atoms with Crippen molar-refractivity contribution >= 4 is 27.5 Å². The summed E-state index contributed by atoms with van der Waals surface area (Å²) in [5.74, 6) is -0.775. The van der Waals surface area contributed by atoms with E-state index in [-0.39, 0.29) is 17.3 Å². The van der Waals surface area contributed by atoms with Gasteiger partial charge in [-0.3, -0.25) is 13.9 Å². The summed E-state index contributed by atoms with van der Waals surface area (Å²) in [6.07, 6.45) is 0.531. The Bertz CT molecular complexity index is 1290. The van der Waals surface area contributed by atoms with Gasteiger partial charge in [-0.15, -0.1) is 0 Å². The molecule has 0 unspecified atom stereocenters. The lowest BCUT2D eigenvalue weighted by Crippen LogP contribution is -2.51. The minimum atomic E-state index is -4.06. The minimum absolute atomic E-state index is 0.0916. The lowest BCUT2D eigenvalue weighted by atomic mass is 10.1. The molecule has 0 aliphatic rings. The lowest BCUT2D eigenvalue weighted by Gasteiger charge is -2.32. The fourth-order valence-corrected chi connectivity index (χ4v) is 5.51. The van der Waals surface area contributed by atoms with Crippen LogP contribution in [0.25, 0.3) is 0 Å². The number of amides is 2. The van der Waals surface area contributed by atoms with Crippen LogP contribution in [0, 0.1) is 13.8 Å². The second-order valence-electron chi connectivity index (χ2n) is 8.66. The predicted octanol–water partition coefficient (Wildman–Crippen LogP) is 3.70. The van der Waals surface area contributed by atoms with Crippen LogP contribution in [0.1, 0.15) is 23.6 Å². The average molecular weight is 508 g/mol. The number of hydrogen-bond donors (Lipinski definition) is 1. The quantitative estimate of drug-likeness (QED) is 0.453. The standard InChI is InChI=1S/C28H33N3O4S/c1-21-12-11-17-26(22(21)2)31(36(34,35)25-15-9-6-10-16-25)20-27(32)30(23(3)28(33)29-4)19-18-24-13-7-5-8-14-24/h5-17,23H,18-20H2,1-4H3,(H,29,33)/t23-/m0/s1. The number of nitrogens with zero attached hydrogens (tertiary/aromatic N) is 2. The van der Waals surface area contributed by atoms with Crippen molar-refractivity contribution in [2.75, 3.05) is 24.4 Å². The third kappa shape index (κ3) is 6.12. The number of likely N-dealkylation sites (N-methyl/N-ethyl adjacent to an activating group) is 1. The topological polar surface area (TPSA) is 86.8 Å². The van der Waals surface area contributed by atoms with E-state index in [0.717, 1.165) is 21.0 Å². The van der Waals surface area contributed by atoms with Crippen LogP contribution in [-0.4, -0.2) is 51.3 Å². The molecule has 3 aromatic rings. The molecular formula is C28H33N3O4S. The molecule has 36 heavy (non-hydrogen) atoms. The predicted molar refractivity (Wildman–Crippen MR) is 142 cm³/mol. The van der Waals surface area contributed by atoms with Gasteiger partial charge in [-0.25, -0.2) is 8.42 Å². The molecular weight excluding hydrogens is 474 g/mol. The second kappa shape index (κ2) is 11.9. The number of anilines is 1. The van der Waals surface area contributed by atoms with Crippen LogP contribution >= 0.6 is 0 Å². The molecule has 0 aliphatic carbocycles. The largest absolute Gasteiger partial charge is 0.357 e. The molecule has 2 amide bonds. The van der Waals surface area contributed by atoms with Crippen molar-refractivity contribution in [1.29, 1.82) is 0 Å². The number of carbonyl (C=O) groups is 2. The summed E-state index contributed by atoms with van der Waals surface area (Å²) in [6, 6.07) is 22.3. The first kappa shape index (κ1) is 26.9. The van der Waals surface area contributed by atoms with Gasteiger partial charge in [0.25, 0.3) is 10.0 Å². The summed E-state index contributed by atoms with van der Waals surface area (Å²) in [5.41, 5.74) is 3.12. The van der Waals surface area contributed by atoms with Crippen LogP contribution in [0.3, 0.4) is 0 Å². The Morgan fingerprint density at radius 3 is 2.11 bits per heavy atom. The van der Waals surface area contributed by atoms with Gasteiger partial charge in [0.05, 0.1) is 10.6 Å². The maximum absolute atomic E-state index is 13.8. The van der Waals surface area contributed by atoms with Gasteiger partial charge in [-0.2, -0.15) is 0 Å². The van der Waals surface area contributed by atoms with E-state index in [2.05, 4.69) is 5.32 Å². The van der Waals surface area contributed by atoms with Crippen LogP contribution < -0.4 is 9.62 Å². The molecule has 0 saturated carbocycles. The maximum Gasteiger partial charge on any atom is 0.264 e. The molecule has 0 bridgehead atoms. The Labute approximate surface area is 213 Å². The fourth-order valence-electron chi connectivity index (χ4n) is 4.02. The number of rotatable bonds is 10. The zero-order valence-corrected chi connectivity index (χ0v) is 22.0. The van der Waals surface area contributed by atoms with Crippen molar-refractivity contribution in [1.82, 2.24) is 10.2 Å². The second-order valence-corrected chi connectivity index (χ2v) is 10.5. The van der Waals surface area contributed by atoms with Gasteiger partial charge >= 0.3 is 0 Å². The number of nitrogens with one attached hydrogen (secondary N) is 1. The highest BCUT2D eigenvalue weighted by Gasteiger charge is 2.32. The number of carbonyl (C=O) groups excluding carboxylic acids is 2. The van der Waals surface area contributed by atoms with Crippen molar-refractivity contribution < 1.29 is 18.0 Å². The Balaban J connectivity index is 2.00. The first-order valence-electron chi connectivity index (χ1n) is 11.9. The van der Waals surface area contributed by atoms with Gasteiger partial charge < -0.3 is 10.2 Å². The fraction of sp³-hybridized carbons (Fsp3) is 0.286. The molecule has 3 aromatic carbocycles. The summed E-state index contributed by atoms with van der Waals surface area (Å²) in [5, 5.41) is 2.59. The van der Waals surface area contributed by atoms with E-state index >= 15 is 0 Å². The van der Waals surface area contributed by atoms with Gasteiger partial charge in [-0.05, 0) is 62.1 Å². The molecule has 8 heteroatoms. The molecule has 0 aromatic heterocycles. The van der Waals surface area contributed by atoms with Crippen LogP contribution in [-0.2, 0) is 26.0 Å². The zero-order valence-electron chi connectivity index (χ0n) is 21.1. The van der Waals surface area contributed by atoms with E-state index in [0.29, 0.717) is 12.1 Å². The van der Waals surface area contributed by atoms with E-state index in [4.69, 9.17) is 0 Å². The van der Waals surface area contributed by atoms with Crippen LogP contribution in [0.4, 0.5) is 5.69 Å². The zero-order chi connectivity index (χ0) is 26.3. The van der Waals surface area contributed by atoms with E-state index in [1.54, 1.807) is 37.3 Å². The van der Waals surface area contributed by atoms with Crippen molar-refractivity contribution in [2.24, 2.45) is 0 Å². The summed E-state index contributed by atoms with van der Waals surface area (Å²) >= 11 is 0. The first-order chi connectivity index (χ1) is 17.2. The Morgan fingerprint density at radius 1 is 0.889 bits per heavy atom. The molecule has 0 fully saturated rings. The number of hydrogen-bond acceptors (Lipinski definition) is 4. The van der Waals surface area contributed by atoms with Crippen molar-refractivity contribution in [2.45, 2.75) is 38.1 Å². The lowest BCUT2D eigenvalue weighted by molar-refractivity contribution is -0.138. The first-order valence-corrected chi connectivity index (χ1v) is 13.3. The smallest absolute Gasteiger partial charge is 0.264 e. The van der Waals surface area contributed by atoms with Crippen LogP contribution in [0.5, 0.6) is 0 Å². The third-order valence-electron chi connectivity index (χ3n) is 6.35.